The Morgan fingerprint density at radius 2 is 1.93 bits per heavy atom. The molecule has 2 atom stereocenters. The fraction of sp³-hybridized carbons (Fsp3) is 0.318. The van der Waals surface area contributed by atoms with Crippen LogP contribution < -0.4 is 5.43 Å². The summed E-state index contributed by atoms with van der Waals surface area (Å²) < 4.78 is 6.13. The van der Waals surface area contributed by atoms with Crippen LogP contribution >= 0.6 is 11.6 Å². The molecular formula is C22H22ClNO5. The minimum absolute atomic E-state index is 0.00256. The summed E-state index contributed by atoms with van der Waals surface area (Å²) in [5.74, 6) is -0.715. The van der Waals surface area contributed by atoms with E-state index in [1.165, 1.54) is 0 Å². The van der Waals surface area contributed by atoms with Crippen LogP contribution in [-0.2, 0) is 0 Å². The van der Waals surface area contributed by atoms with E-state index in [-0.39, 0.29) is 28.2 Å². The zero-order valence-electron chi connectivity index (χ0n) is 16.1. The molecule has 29 heavy (non-hydrogen) atoms. The zero-order chi connectivity index (χ0) is 20.9. The van der Waals surface area contributed by atoms with Crippen molar-refractivity contribution in [3.8, 4) is 22.8 Å². The summed E-state index contributed by atoms with van der Waals surface area (Å²) in [6, 6.07) is 8.15. The van der Waals surface area contributed by atoms with E-state index in [0.29, 0.717) is 34.7 Å². The molecule has 1 aliphatic rings. The van der Waals surface area contributed by atoms with Crippen LogP contribution in [0.4, 0.5) is 0 Å². The fourth-order valence-corrected chi connectivity index (χ4v) is 4.35. The van der Waals surface area contributed by atoms with Gasteiger partial charge in [0.1, 0.15) is 28.2 Å². The molecule has 0 saturated carbocycles. The largest absolute Gasteiger partial charge is 0.507 e. The number of piperidine rings is 1. The Labute approximate surface area is 172 Å². The van der Waals surface area contributed by atoms with Gasteiger partial charge in [0.15, 0.2) is 5.43 Å². The first-order valence-corrected chi connectivity index (χ1v) is 9.81. The Hall–Kier alpha value is -2.54. The van der Waals surface area contributed by atoms with Crippen molar-refractivity contribution in [1.82, 2.24) is 4.90 Å². The van der Waals surface area contributed by atoms with E-state index < -0.39 is 17.5 Å². The molecule has 152 valence electrons. The van der Waals surface area contributed by atoms with Gasteiger partial charge in [-0.2, -0.15) is 0 Å². The van der Waals surface area contributed by atoms with Crippen LogP contribution in [-0.4, -0.2) is 46.5 Å². The molecule has 7 heteroatoms. The van der Waals surface area contributed by atoms with E-state index in [1.807, 2.05) is 11.9 Å². The highest BCUT2D eigenvalue weighted by Gasteiger charge is 2.33. The molecule has 2 heterocycles. The number of β-amino-alcohol motifs (C(OH)–C–C–N with tert-alkyl or cyclic N) is 1. The second-order valence-electron chi connectivity index (χ2n) is 7.62. The van der Waals surface area contributed by atoms with Crippen molar-refractivity contribution in [3.63, 3.8) is 0 Å². The van der Waals surface area contributed by atoms with E-state index in [0.717, 1.165) is 12.6 Å². The van der Waals surface area contributed by atoms with Crippen LogP contribution in [0.2, 0.25) is 5.02 Å². The molecule has 4 rings (SSSR count). The van der Waals surface area contributed by atoms with Crippen molar-refractivity contribution >= 4 is 22.6 Å². The maximum absolute atomic E-state index is 13.1. The molecule has 3 aromatic rings. The lowest BCUT2D eigenvalue weighted by molar-refractivity contribution is 0.0630. The minimum atomic E-state index is -0.747. The van der Waals surface area contributed by atoms with Crippen LogP contribution in [0, 0.1) is 6.92 Å². The molecule has 6 nitrogen and oxygen atoms in total. The predicted molar refractivity (Wildman–Crippen MR) is 112 cm³/mol. The zero-order valence-corrected chi connectivity index (χ0v) is 16.9. The van der Waals surface area contributed by atoms with Gasteiger partial charge in [0.2, 0.25) is 0 Å². The maximum Gasteiger partial charge on any atom is 0.199 e. The highest BCUT2D eigenvalue weighted by atomic mass is 35.5. The van der Waals surface area contributed by atoms with Crippen molar-refractivity contribution < 1.29 is 19.7 Å². The van der Waals surface area contributed by atoms with Crippen molar-refractivity contribution in [2.24, 2.45) is 0 Å². The van der Waals surface area contributed by atoms with Gasteiger partial charge in [-0.25, -0.2) is 0 Å². The van der Waals surface area contributed by atoms with Gasteiger partial charge in [-0.15, -0.1) is 0 Å². The van der Waals surface area contributed by atoms with Gasteiger partial charge in [-0.05, 0) is 39.1 Å². The monoisotopic (exact) mass is 415 g/mol. The van der Waals surface area contributed by atoms with E-state index in [2.05, 4.69) is 0 Å². The fourth-order valence-electron chi connectivity index (χ4n) is 4.13. The smallest absolute Gasteiger partial charge is 0.199 e. The Morgan fingerprint density at radius 3 is 2.62 bits per heavy atom. The summed E-state index contributed by atoms with van der Waals surface area (Å²) in [5, 5.41) is 32.1. The van der Waals surface area contributed by atoms with Gasteiger partial charge in [-0.1, -0.05) is 23.7 Å². The highest BCUT2D eigenvalue weighted by Crippen LogP contribution is 2.43. The number of aliphatic hydroxyl groups is 1. The number of aliphatic hydroxyl groups excluding tert-OH is 1. The van der Waals surface area contributed by atoms with E-state index in [1.54, 1.807) is 31.2 Å². The van der Waals surface area contributed by atoms with Crippen LogP contribution in [0.25, 0.3) is 22.3 Å². The van der Waals surface area contributed by atoms with Gasteiger partial charge >= 0.3 is 0 Å². The normalized spacial score (nSPS) is 20.3. The van der Waals surface area contributed by atoms with Gasteiger partial charge < -0.3 is 24.6 Å². The predicted octanol–water partition coefficient (Wildman–Crippen LogP) is 3.61. The summed E-state index contributed by atoms with van der Waals surface area (Å²) in [6.45, 7) is 2.76. The summed E-state index contributed by atoms with van der Waals surface area (Å²) in [4.78, 5) is 15.1. The molecule has 1 fully saturated rings. The lowest BCUT2D eigenvalue weighted by atomic mass is 9.85. The number of halogens is 1. The minimum Gasteiger partial charge on any atom is -0.507 e. The van der Waals surface area contributed by atoms with E-state index >= 15 is 0 Å². The topological polar surface area (TPSA) is 94.1 Å². The Kier molecular flexibility index (Phi) is 5.02. The standard InChI is InChI=1S/C22H22ClNO5/c1-11-20(28)19-16(26)9-15(25)18(13-7-8-24(2)10-17(13)27)22(19)29-21(11)12-5-3-4-6-14(12)23/h3-6,9,13,17,25-27H,7-8,10H2,1-2H3. The molecule has 0 bridgehead atoms. The quantitative estimate of drug-likeness (QED) is 0.592. The number of aromatic hydroxyl groups is 2. The second-order valence-corrected chi connectivity index (χ2v) is 8.03. The molecule has 1 aromatic heterocycles. The van der Waals surface area contributed by atoms with Gasteiger partial charge in [0, 0.05) is 35.2 Å². The first-order chi connectivity index (χ1) is 13.8. The molecule has 1 aliphatic heterocycles. The number of nitrogens with zero attached hydrogens (tertiary/aromatic N) is 1. The van der Waals surface area contributed by atoms with Gasteiger partial charge in [0.05, 0.1) is 11.1 Å². The second kappa shape index (κ2) is 7.37. The summed E-state index contributed by atoms with van der Waals surface area (Å²) in [6.07, 6.45) is -0.174. The first kappa shape index (κ1) is 19.8. The number of phenolic OH excluding ortho intramolecular Hbond substituents is 2. The average molecular weight is 416 g/mol. The number of rotatable bonds is 2. The number of hydrogen-bond acceptors (Lipinski definition) is 6. The molecule has 2 unspecified atom stereocenters. The molecule has 2 aromatic carbocycles. The molecule has 0 aliphatic carbocycles. The van der Waals surface area contributed by atoms with Crippen LogP contribution in [0.3, 0.4) is 0 Å². The summed E-state index contributed by atoms with van der Waals surface area (Å²) >= 11 is 6.32. The molecule has 3 N–H and O–H groups in total. The SMILES string of the molecule is Cc1c(-c2ccccc2Cl)oc2c(C3CCN(C)CC3O)c(O)cc(O)c2c1=O. The van der Waals surface area contributed by atoms with Crippen molar-refractivity contribution in [2.75, 3.05) is 20.1 Å². The third-order valence-electron chi connectivity index (χ3n) is 5.66. The number of likely N-dealkylation sites (N-methyl/N-ethyl adjacent to an activating group) is 1. The van der Waals surface area contributed by atoms with E-state index in [9.17, 15) is 20.1 Å². The maximum atomic E-state index is 13.1. The number of phenols is 2. The molecular weight excluding hydrogens is 394 g/mol. The van der Waals surface area contributed by atoms with Crippen molar-refractivity contribution in [3.05, 3.63) is 56.7 Å². The molecule has 0 spiro atoms. The van der Waals surface area contributed by atoms with Crippen molar-refractivity contribution in [1.29, 1.82) is 0 Å². The van der Waals surface area contributed by atoms with E-state index in [4.69, 9.17) is 16.0 Å². The summed E-state index contributed by atoms with van der Waals surface area (Å²) in [5.41, 5.74) is 0.873. The van der Waals surface area contributed by atoms with Crippen LogP contribution in [0.15, 0.2) is 39.5 Å². The number of benzene rings is 2. The highest BCUT2D eigenvalue weighted by molar-refractivity contribution is 6.33. The van der Waals surface area contributed by atoms with Crippen LogP contribution in [0.1, 0.15) is 23.5 Å². The Morgan fingerprint density at radius 1 is 1.21 bits per heavy atom. The third kappa shape index (κ3) is 3.27. The molecule has 0 radical (unpaired) electrons. The lowest BCUT2D eigenvalue weighted by Gasteiger charge is -2.34. The number of likely N-dealkylation sites (tertiary alicyclic amines) is 1. The van der Waals surface area contributed by atoms with Crippen molar-refractivity contribution in [2.45, 2.75) is 25.4 Å². The molecule has 1 saturated heterocycles. The Bertz CT molecular complexity index is 1160. The Balaban J connectivity index is 2.05. The number of hydrogen-bond donors (Lipinski definition) is 3. The van der Waals surface area contributed by atoms with Gasteiger partial charge in [0.25, 0.3) is 0 Å². The number of fused-ring (bicyclic) bond motifs is 1. The molecule has 0 amide bonds. The third-order valence-corrected chi connectivity index (χ3v) is 5.99. The van der Waals surface area contributed by atoms with Crippen LogP contribution in [0.5, 0.6) is 11.5 Å². The summed E-state index contributed by atoms with van der Waals surface area (Å²) in [7, 11) is 1.91. The lowest BCUT2D eigenvalue weighted by Crippen LogP contribution is -2.40. The average Bonchev–Trinajstić information content (AvgIpc) is 2.66. The first-order valence-electron chi connectivity index (χ1n) is 9.43. The van der Waals surface area contributed by atoms with Gasteiger partial charge in [-0.3, -0.25) is 4.79 Å².